The van der Waals surface area contributed by atoms with Crippen molar-refractivity contribution in [2.24, 2.45) is 0 Å². The first-order valence-corrected chi connectivity index (χ1v) is 6.80. The number of hydrogen-bond acceptors (Lipinski definition) is 4. The Morgan fingerprint density at radius 3 is 2.90 bits per heavy atom. The largest absolute Gasteiger partial charge is 0.310 e. The number of aromatic amines is 1. The Hall–Kier alpha value is -2.41. The molecule has 4 heterocycles. The van der Waals surface area contributed by atoms with Crippen LogP contribution >= 0.6 is 15.9 Å². The number of halogens is 1. The highest BCUT2D eigenvalue weighted by atomic mass is 79.9. The monoisotopic (exact) mass is 328 g/mol. The van der Waals surface area contributed by atoms with E-state index in [1.807, 2.05) is 28.7 Å². The molecule has 0 aliphatic carbocycles. The van der Waals surface area contributed by atoms with Crippen molar-refractivity contribution in [2.45, 2.75) is 0 Å². The predicted octanol–water partition coefficient (Wildman–Crippen LogP) is 3.11. The molecule has 0 aromatic carbocycles. The Bertz CT molecular complexity index is 896. The second-order valence-corrected chi connectivity index (χ2v) is 5.07. The predicted molar refractivity (Wildman–Crippen MR) is 80.1 cm³/mol. The van der Waals surface area contributed by atoms with Gasteiger partial charge in [-0.15, -0.1) is 0 Å². The normalized spacial score (nSPS) is 11.2. The van der Waals surface area contributed by atoms with Crippen LogP contribution in [0.5, 0.6) is 0 Å². The average Bonchev–Trinajstić information content (AvgIpc) is 3.08. The molecule has 4 aromatic heterocycles. The van der Waals surface area contributed by atoms with E-state index >= 15 is 0 Å². The minimum atomic E-state index is 0.682. The summed E-state index contributed by atoms with van der Waals surface area (Å²) in [6.07, 6.45) is 5.22. The van der Waals surface area contributed by atoms with E-state index in [-0.39, 0.29) is 0 Å². The van der Waals surface area contributed by atoms with Crippen molar-refractivity contribution in [1.29, 1.82) is 0 Å². The summed E-state index contributed by atoms with van der Waals surface area (Å²) in [5.74, 6) is 1.46. The third kappa shape index (κ3) is 1.60. The number of pyridine rings is 1. The molecule has 7 heteroatoms. The Balaban J connectivity index is 2.04. The number of H-pyrrole nitrogens is 1. The van der Waals surface area contributed by atoms with Gasteiger partial charge in [-0.25, -0.2) is 9.97 Å². The number of nitrogens with zero attached hydrogens (tertiary/aromatic N) is 4. The number of anilines is 2. The van der Waals surface area contributed by atoms with E-state index in [0.717, 1.165) is 26.8 Å². The molecular weight excluding hydrogens is 320 g/mol. The fourth-order valence-corrected chi connectivity index (χ4v) is 2.85. The lowest BCUT2D eigenvalue weighted by atomic mass is 10.3. The standard InChI is InChI=1S/C13H9BrN6/c14-11-8-2-1-5-15-12(8)20-9(11)3-6-16-13(20)18-10-4-7-17-19-10/h1-7H,(H2,16,17,18,19). The maximum absolute atomic E-state index is 4.45. The molecule has 0 aliphatic rings. The second kappa shape index (κ2) is 4.31. The zero-order valence-electron chi connectivity index (χ0n) is 10.2. The molecule has 0 radical (unpaired) electrons. The smallest absolute Gasteiger partial charge is 0.214 e. The lowest BCUT2D eigenvalue weighted by Gasteiger charge is -2.06. The van der Waals surface area contributed by atoms with Gasteiger partial charge in [0.15, 0.2) is 0 Å². The van der Waals surface area contributed by atoms with Crippen LogP contribution in [-0.4, -0.2) is 24.6 Å². The first-order valence-electron chi connectivity index (χ1n) is 6.00. The Morgan fingerprint density at radius 1 is 1.10 bits per heavy atom. The number of fused-ring (bicyclic) bond motifs is 3. The Kier molecular flexibility index (Phi) is 2.46. The first-order chi connectivity index (χ1) is 9.84. The summed E-state index contributed by atoms with van der Waals surface area (Å²) in [7, 11) is 0. The minimum absolute atomic E-state index is 0.682. The molecule has 20 heavy (non-hydrogen) atoms. The molecule has 4 aromatic rings. The van der Waals surface area contributed by atoms with Gasteiger partial charge in [0.05, 0.1) is 16.2 Å². The van der Waals surface area contributed by atoms with Crippen molar-refractivity contribution < 1.29 is 0 Å². The lowest BCUT2D eigenvalue weighted by molar-refractivity contribution is 1.06. The van der Waals surface area contributed by atoms with E-state index < -0.39 is 0 Å². The molecule has 0 atom stereocenters. The molecule has 0 fully saturated rings. The maximum atomic E-state index is 4.45. The zero-order chi connectivity index (χ0) is 13.5. The second-order valence-electron chi connectivity index (χ2n) is 4.27. The molecule has 4 rings (SSSR count). The van der Waals surface area contributed by atoms with Crippen LogP contribution in [0.25, 0.3) is 16.6 Å². The van der Waals surface area contributed by atoms with Gasteiger partial charge in [0.2, 0.25) is 5.95 Å². The van der Waals surface area contributed by atoms with Crippen molar-refractivity contribution in [3.8, 4) is 0 Å². The van der Waals surface area contributed by atoms with Crippen LogP contribution in [0.2, 0.25) is 0 Å². The highest BCUT2D eigenvalue weighted by Gasteiger charge is 2.13. The molecule has 0 spiro atoms. The fourth-order valence-electron chi connectivity index (χ4n) is 2.23. The summed E-state index contributed by atoms with van der Waals surface area (Å²) < 4.78 is 2.98. The fraction of sp³-hybridized carbons (Fsp3) is 0. The van der Waals surface area contributed by atoms with Crippen molar-refractivity contribution in [3.63, 3.8) is 0 Å². The van der Waals surface area contributed by atoms with Gasteiger partial charge in [-0.2, -0.15) is 5.10 Å². The molecule has 0 amide bonds. The zero-order valence-corrected chi connectivity index (χ0v) is 11.8. The molecule has 98 valence electrons. The molecule has 6 nitrogen and oxygen atoms in total. The van der Waals surface area contributed by atoms with Gasteiger partial charge in [-0.3, -0.25) is 9.50 Å². The minimum Gasteiger partial charge on any atom is -0.310 e. The average molecular weight is 329 g/mol. The summed E-state index contributed by atoms with van der Waals surface area (Å²) >= 11 is 3.63. The highest BCUT2D eigenvalue weighted by Crippen LogP contribution is 2.32. The van der Waals surface area contributed by atoms with Gasteiger partial charge < -0.3 is 5.32 Å². The molecular formula is C13H9BrN6. The van der Waals surface area contributed by atoms with E-state index in [1.165, 1.54) is 0 Å². The number of rotatable bonds is 2. The molecule has 0 aliphatic heterocycles. The van der Waals surface area contributed by atoms with Crippen LogP contribution in [0, 0.1) is 0 Å². The summed E-state index contributed by atoms with van der Waals surface area (Å²) in [6.45, 7) is 0. The van der Waals surface area contributed by atoms with Crippen LogP contribution in [0.4, 0.5) is 11.8 Å². The van der Waals surface area contributed by atoms with Crippen molar-refractivity contribution in [1.82, 2.24) is 24.6 Å². The number of hydrogen-bond donors (Lipinski definition) is 2. The van der Waals surface area contributed by atoms with Crippen LogP contribution in [-0.2, 0) is 0 Å². The van der Waals surface area contributed by atoms with Crippen LogP contribution in [0.3, 0.4) is 0 Å². The third-order valence-corrected chi connectivity index (χ3v) is 3.92. The summed E-state index contributed by atoms with van der Waals surface area (Å²) in [5, 5.41) is 11.0. The quantitative estimate of drug-likeness (QED) is 0.593. The topological polar surface area (TPSA) is 70.9 Å². The van der Waals surface area contributed by atoms with Crippen molar-refractivity contribution in [3.05, 3.63) is 47.3 Å². The Labute approximate surface area is 122 Å². The number of nitrogens with one attached hydrogen (secondary N) is 2. The van der Waals surface area contributed by atoms with Gasteiger partial charge in [-0.05, 0) is 34.1 Å². The third-order valence-electron chi connectivity index (χ3n) is 3.09. The lowest BCUT2D eigenvalue weighted by Crippen LogP contribution is -2.01. The summed E-state index contributed by atoms with van der Waals surface area (Å²) in [6, 6.07) is 7.74. The van der Waals surface area contributed by atoms with Gasteiger partial charge in [0.25, 0.3) is 0 Å². The summed E-state index contributed by atoms with van der Waals surface area (Å²) in [5.41, 5.74) is 1.86. The molecule has 0 unspecified atom stereocenters. The SMILES string of the molecule is Brc1c2cccnc2n2c(Nc3ccn[nH]3)nccc12. The van der Waals surface area contributed by atoms with Crippen molar-refractivity contribution >= 4 is 44.2 Å². The van der Waals surface area contributed by atoms with Gasteiger partial charge in [0, 0.05) is 23.8 Å². The first kappa shape index (κ1) is 11.4. The van der Waals surface area contributed by atoms with E-state index in [2.05, 4.69) is 41.4 Å². The van der Waals surface area contributed by atoms with Gasteiger partial charge in [0.1, 0.15) is 11.5 Å². The van der Waals surface area contributed by atoms with Crippen molar-refractivity contribution in [2.75, 3.05) is 5.32 Å². The molecule has 0 bridgehead atoms. The van der Waals surface area contributed by atoms with Crippen LogP contribution in [0.1, 0.15) is 0 Å². The van der Waals surface area contributed by atoms with Gasteiger partial charge in [-0.1, -0.05) is 0 Å². The summed E-state index contributed by atoms with van der Waals surface area (Å²) in [4.78, 5) is 8.84. The highest BCUT2D eigenvalue weighted by molar-refractivity contribution is 9.10. The van der Waals surface area contributed by atoms with Gasteiger partial charge >= 0.3 is 0 Å². The van der Waals surface area contributed by atoms with E-state index in [4.69, 9.17) is 0 Å². The van der Waals surface area contributed by atoms with E-state index in [1.54, 1.807) is 18.6 Å². The Morgan fingerprint density at radius 2 is 2.05 bits per heavy atom. The van der Waals surface area contributed by atoms with E-state index in [0.29, 0.717) is 5.95 Å². The van der Waals surface area contributed by atoms with E-state index in [9.17, 15) is 0 Å². The van der Waals surface area contributed by atoms with Crippen LogP contribution < -0.4 is 5.32 Å². The van der Waals surface area contributed by atoms with Crippen LogP contribution in [0.15, 0.2) is 47.3 Å². The maximum Gasteiger partial charge on any atom is 0.214 e. The molecule has 0 saturated carbocycles. The molecule has 0 saturated heterocycles. The number of aromatic nitrogens is 5. The molecule has 2 N–H and O–H groups in total.